The van der Waals surface area contributed by atoms with Gasteiger partial charge in [-0.2, -0.15) is 0 Å². The first-order valence-corrected chi connectivity index (χ1v) is 5.85. The predicted octanol–water partition coefficient (Wildman–Crippen LogP) is 3.73. The molecule has 13 heavy (non-hydrogen) atoms. The molecular formula is C10H10BrIN+. The molecule has 0 bridgehead atoms. The van der Waals surface area contributed by atoms with Crippen molar-refractivity contribution in [3.63, 3.8) is 0 Å². The summed E-state index contributed by atoms with van der Waals surface area (Å²) in [6, 6.07) is 6.47. The maximum absolute atomic E-state index is 3.48. The smallest absolute Gasteiger partial charge is 0.240 e. The van der Waals surface area contributed by atoms with Gasteiger partial charge >= 0.3 is 0 Å². The van der Waals surface area contributed by atoms with Crippen LogP contribution in [0, 0.1) is 0 Å². The van der Waals surface area contributed by atoms with Gasteiger partial charge in [-0.05, 0) is 23.8 Å². The summed E-state index contributed by atoms with van der Waals surface area (Å²) in [5, 5.41) is 0. The maximum Gasteiger partial charge on any atom is 0.254 e. The van der Waals surface area contributed by atoms with Gasteiger partial charge in [-0.3, -0.25) is 0 Å². The number of halogens is 2. The first-order valence-electron chi connectivity index (χ1n) is 4.09. The Kier molecular flexibility index (Phi) is 2.51. The number of hydrogen-bond donors (Lipinski definition) is 0. The van der Waals surface area contributed by atoms with Crippen molar-refractivity contribution >= 4 is 44.9 Å². The van der Waals surface area contributed by atoms with Crippen LogP contribution in [0.3, 0.4) is 0 Å². The van der Waals surface area contributed by atoms with Gasteiger partial charge in [-0.15, -0.1) is 0 Å². The van der Waals surface area contributed by atoms with Gasteiger partial charge in [0.25, 0.3) is 22.9 Å². The van der Waals surface area contributed by atoms with E-state index in [2.05, 4.69) is 76.3 Å². The van der Waals surface area contributed by atoms with Crippen molar-refractivity contribution in [3.8, 4) is 0 Å². The maximum atomic E-state index is 3.48. The van der Waals surface area contributed by atoms with Gasteiger partial charge in [-0.25, -0.2) is 2.70 Å². The molecule has 0 saturated carbocycles. The van der Waals surface area contributed by atoms with E-state index in [0.29, 0.717) is 0 Å². The Bertz CT molecular complexity index is 371. The molecule has 0 fully saturated rings. The molecule has 1 atom stereocenters. The zero-order valence-corrected chi connectivity index (χ0v) is 11.0. The number of rotatable bonds is 0. The van der Waals surface area contributed by atoms with Crippen LogP contribution in [-0.4, -0.2) is 9.74 Å². The zero-order valence-electron chi connectivity index (χ0n) is 7.30. The van der Waals surface area contributed by atoms with E-state index in [-0.39, 0.29) is 0 Å². The molecule has 1 aliphatic rings. The van der Waals surface area contributed by atoms with Gasteiger partial charge in [-0.1, -0.05) is 22.0 Å². The van der Waals surface area contributed by atoms with Crippen LogP contribution >= 0.6 is 38.8 Å². The minimum absolute atomic E-state index is 0.909. The summed E-state index contributed by atoms with van der Waals surface area (Å²) < 4.78 is 2.06. The first kappa shape index (κ1) is 9.68. The normalized spacial score (nSPS) is 25.8. The lowest BCUT2D eigenvalue weighted by Gasteiger charge is -2.25. The average Bonchev–Trinajstić information content (AvgIpc) is 2.05. The largest absolute Gasteiger partial charge is 0.254 e. The molecule has 0 saturated heterocycles. The summed E-state index contributed by atoms with van der Waals surface area (Å²) in [6.45, 7) is 1.07. The van der Waals surface area contributed by atoms with Gasteiger partial charge in [0.15, 0.2) is 0 Å². The average molecular weight is 351 g/mol. The second-order valence-corrected chi connectivity index (χ2v) is 6.58. The Morgan fingerprint density at radius 2 is 2.23 bits per heavy atom. The standard InChI is InChI=1S/C10H10BrIN/c1-13(12)5-4-8-6-10(11)3-2-9(8)7-13/h2-6H,7H2,1H3/q+1. The molecule has 0 spiro atoms. The van der Waals surface area contributed by atoms with Crippen LogP contribution in [0.25, 0.3) is 6.08 Å². The fourth-order valence-corrected chi connectivity index (χ4v) is 2.39. The highest BCUT2D eigenvalue weighted by molar-refractivity contribution is 14.1. The summed E-state index contributed by atoms with van der Waals surface area (Å²) in [6.07, 6.45) is 4.41. The van der Waals surface area contributed by atoms with Gasteiger partial charge in [0.1, 0.15) is 12.7 Å². The van der Waals surface area contributed by atoms with Crippen LogP contribution in [0.4, 0.5) is 0 Å². The molecule has 1 aromatic rings. The van der Waals surface area contributed by atoms with Gasteiger partial charge < -0.3 is 0 Å². The molecule has 0 radical (unpaired) electrons. The molecule has 1 unspecified atom stereocenters. The highest BCUT2D eigenvalue weighted by Crippen LogP contribution is 2.29. The van der Waals surface area contributed by atoms with E-state index < -0.39 is 0 Å². The Hall–Kier alpha value is 0.130. The Balaban J connectivity index is 2.47. The summed E-state index contributed by atoms with van der Waals surface area (Å²) in [7, 11) is 2.20. The molecule has 0 amide bonds. The van der Waals surface area contributed by atoms with E-state index in [4.69, 9.17) is 0 Å². The second kappa shape index (κ2) is 3.37. The fourth-order valence-electron chi connectivity index (χ4n) is 1.49. The molecule has 1 aliphatic heterocycles. The number of hydrogen-bond acceptors (Lipinski definition) is 0. The number of benzene rings is 1. The SMILES string of the molecule is C[N+]1(I)C=Cc2cc(Br)ccc2C1. The molecule has 0 N–H and O–H groups in total. The minimum atomic E-state index is 0.909. The van der Waals surface area contributed by atoms with E-state index in [1.807, 2.05) is 0 Å². The number of quaternary nitrogens is 1. The number of nitrogens with zero attached hydrogens (tertiary/aromatic N) is 1. The van der Waals surface area contributed by atoms with Crippen LogP contribution < -0.4 is 0 Å². The highest BCUT2D eigenvalue weighted by atomic mass is 127. The van der Waals surface area contributed by atoms with Crippen molar-refractivity contribution in [3.05, 3.63) is 40.0 Å². The van der Waals surface area contributed by atoms with Gasteiger partial charge in [0.05, 0.1) is 7.05 Å². The lowest BCUT2D eigenvalue weighted by Crippen LogP contribution is -2.27. The summed E-state index contributed by atoms with van der Waals surface area (Å²) >= 11 is 5.91. The Labute approximate surface area is 101 Å². The molecule has 2 rings (SSSR count). The van der Waals surface area contributed by atoms with E-state index in [9.17, 15) is 0 Å². The van der Waals surface area contributed by atoms with Crippen molar-refractivity contribution in [2.75, 3.05) is 7.05 Å². The Morgan fingerprint density at radius 3 is 3.00 bits per heavy atom. The molecule has 0 aromatic heterocycles. The van der Waals surface area contributed by atoms with Crippen LogP contribution in [0.1, 0.15) is 11.1 Å². The van der Waals surface area contributed by atoms with Crippen LogP contribution in [-0.2, 0) is 6.54 Å². The monoisotopic (exact) mass is 350 g/mol. The van der Waals surface area contributed by atoms with Crippen molar-refractivity contribution in [1.29, 1.82) is 0 Å². The zero-order chi connectivity index (χ0) is 9.47. The highest BCUT2D eigenvalue weighted by Gasteiger charge is 2.21. The van der Waals surface area contributed by atoms with Crippen molar-refractivity contribution in [1.82, 2.24) is 0 Å². The molecule has 68 valence electrons. The number of fused-ring (bicyclic) bond motifs is 1. The van der Waals surface area contributed by atoms with Crippen LogP contribution in [0.15, 0.2) is 28.9 Å². The minimum Gasteiger partial charge on any atom is -0.240 e. The quantitative estimate of drug-likeness (QED) is 0.494. The van der Waals surface area contributed by atoms with Gasteiger partial charge in [0, 0.05) is 10.0 Å². The van der Waals surface area contributed by atoms with E-state index in [1.54, 1.807) is 0 Å². The van der Waals surface area contributed by atoms with E-state index in [0.717, 1.165) is 13.7 Å². The molecule has 3 heteroatoms. The third kappa shape index (κ3) is 2.14. The molecule has 1 aromatic carbocycles. The summed E-state index contributed by atoms with van der Waals surface area (Å²) in [4.78, 5) is 0. The van der Waals surface area contributed by atoms with E-state index in [1.165, 1.54) is 11.1 Å². The van der Waals surface area contributed by atoms with Crippen LogP contribution in [0.2, 0.25) is 0 Å². The van der Waals surface area contributed by atoms with Crippen molar-refractivity contribution in [2.24, 2.45) is 0 Å². The third-order valence-electron chi connectivity index (χ3n) is 2.15. The van der Waals surface area contributed by atoms with Gasteiger partial charge in [0.2, 0.25) is 0 Å². The lowest BCUT2D eigenvalue weighted by atomic mass is 10.1. The Morgan fingerprint density at radius 1 is 1.46 bits per heavy atom. The topological polar surface area (TPSA) is 0 Å². The summed E-state index contributed by atoms with van der Waals surface area (Å²) in [5.74, 6) is 0. The molecular weight excluding hydrogens is 341 g/mol. The third-order valence-corrected chi connectivity index (χ3v) is 3.31. The molecule has 1 nitrogen and oxygen atoms in total. The van der Waals surface area contributed by atoms with Crippen molar-refractivity contribution < 1.29 is 2.70 Å². The predicted molar refractivity (Wildman–Crippen MR) is 67.1 cm³/mol. The molecule has 0 aliphatic carbocycles. The second-order valence-electron chi connectivity index (χ2n) is 3.46. The van der Waals surface area contributed by atoms with Crippen LogP contribution in [0.5, 0.6) is 0 Å². The first-order chi connectivity index (χ1) is 6.07. The van der Waals surface area contributed by atoms with Crippen molar-refractivity contribution in [2.45, 2.75) is 6.54 Å². The van der Waals surface area contributed by atoms with E-state index >= 15 is 0 Å². The summed E-state index contributed by atoms with van der Waals surface area (Å²) in [5.41, 5.74) is 2.75. The molecule has 1 heterocycles. The fraction of sp³-hybridized carbons (Fsp3) is 0.200. The lowest BCUT2D eigenvalue weighted by molar-refractivity contribution is -0.686.